The van der Waals surface area contributed by atoms with E-state index >= 15 is 0 Å². The Morgan fingerprint density at radius 3 is 2.32 bits per heavy atom. The van der Waals surface area contributed by atoms with Crippen LogP contribution in [0, 0.1) is 5.92 Å². The van der Waals surface area contributed by atoms with E-state index in [4.69, 9.17) is 18.7 Å². The minimum absolute atomic E-state index is 0.0285. The van der Waals surface area contributed by atoms with Gasteiger partial charge in [0.25, 0.3) is 0 Å². The predicted molar refractivity (Wildman–Crippen MR) is 112 cm³/mol. The zero-order chi connectivity index (χ0) is 23.2. The zero-order valence-electron chi connectivity index (χ0n) is 18.2. The first-order chi connectivity index (χ1) is 14.8. The number of ether oxygens (including phenoxy) is 3. The maximum absolute atomic E-state index is 12.5. The summed E-state index contributed by atoms with van der Waals surface area (Å²) in [7, 11) is -0.500. The van der Waals surface area contributed by atoms with Crippen molar-refractivity contribution >= 4 is 26.7 Å². The zero-order valence-corrected chi connectivity index (χ0v) is 19.1. The van der Waals surface area contributed by atoms with Crippen molar-refractivity contribution in [2.75, 3.05) is 13.2 Å². The molecule has 1 aromatic carbocycles. The van der Waals surface area contributed by atoms with Crippen LogP contribution in [0.15, 0.2) is 30.3 Å². The summed E-state index contributed by atoms with van der Waals surface area (Å²) < 4.78 is 31.1. The highest BCUT2D eigenvalue weighted by molar-refractivity contribution is 7.17. The molecular formula is C21H30NO8P. The van der Waals surface area contributed by atoms with Gasteiger partial charge in [0.15, 0.2) is 0 Å². The predicted octanol–water partition coefficient (Wildman–Crippen LogP) is 3.98. The molecule has 3 unspecified atom stereocenters. The number of amides is 1. The van der Waals surface area contributed by atoms with Crippen LogP contribution >= 0.6 is 8.69 Å². The van der Waals surface area contributed by atoms with E-state index in [0.717, 1.165) is 5.56 Å². The molecule has 31 heavy (non-hydrogen) atoms. The molecule has 0 fully saturated rings. The molecule has 0 bridgehead atoms. The Balaban J connectivity index is 2.94. The van der Waals surface area contributed by atoms with Crippen molar-refractivity contribution in [3.05, 3.63) is 35.9 Å². The minimum Gasteiger partial charge on any atom is -0.466 e. The second kappa shape index (κ2) is 14.5. The molecule has 0 spiro atoms. The molecule has 10 heteroatoms. The highest BCUT2D eigenvalue weighted by atomic mass is 31.1. The highest BCUT2D eigenvalue weighted by Crippen LogP contribution is 2.25. The SMILES string of the molecule is CCOC(=O)CCC(NC(=O)OC(C)OC(=O)C(C)C)C(COP=O)c1ccccc1. The van der Waals surface area contributed by atoms with E-state index in [1.807, 2.05) is 30.3 Å². The lowest BCUT2D eigenvalue weighted by Crippen LogP contribution is -2.42. The third-order valence-electron chi connectivity index (χ3n) is 4.31. The van der Waals surface area contributed by atoms with E-state index in [0.29, 0.717) is 0 Å². The smallest absolute Gasteiger partial charge is 0.410 e. The quantitative estimate of drug-likeness (QED) is 0.270. The van der Waals surface area contributed by atoms with Crippen LogP contribution in [0.2, 0.25) is 0 Å². The van der Waals surface area contributed by atoms with E-state index < -0.39 is 45.0 Å². The molecule has 0 saturated carbocycles. The molecule has 0 saturated heterocycles. The van der Waals surface area contributed by atoms with Gasteiger partial charge in [-0.1, -0.05) is 44.2 Å². The van der Waals surface area contributed by atoms with Crippen molar-refractivity contribution in [1.29, 1.82) is 0 Å². The molecular weight excluding hydrogens is 425 g/mol. The summed E-state index contributed by atoms with van der Waals surface area (Å²) in [5.41, 5.74) is 0.819. The molecule has 1 aromatic rings. The van der Waals surface area contributed by atoms with Gasteiger partial charge in [0.1, 0.15) is 0 Å². The van der Waals surface area contributed by atoms with Crippen molar-refractivity contribution < 1.29 is 37.7 Å². The summed E-state index contributed by atoms with van der Waals surface area (Å²) >= 11 is 0. The second-order valence-corrected chi connectivity index (χ2v) is 7.45. The van der Waals surface area contributed by atoms with Crippen LogP contribution in [0.3, 0.4) is 0 Å². The fourth-order valence-corrected chi connectivity index (χ4v) is 3.02. The largest absolute Gasteiger partial charge is 0.466 e. The molecule has 172 valence electrons. The summed E-state index contributed by atoms with van der Waals surface area (Å²) in [5, 5.41) is 2.71. The summed E-state index contributed by atoms with van der Waals surface area (Å²) in [6.45, 7) is 6.75. The van der Waals surface area contributed by atoms with Crippen molar-refractivity contribution in [3.63, 3.8) is 0 Å². The van der Waals surface area contributed by atoms with Gasteiger partial charge in [0.05, 0.1) is 19.1 Å². The first kappa shape index (κ1) is 26.5. The Labute approximate surface area is 184 Å². The normalized spacial score (nSPS) is 13.8. The molecule has 1 rings (SSSR count). The number of alkyl carbamates (subject to hydrolysis) is 1. The van der Waals surface area contributed by atoms with E-state index in [2.05, 4.69) is 5.32 Å². The molecule has 1 amide bonds. The van der Waals surface area contributed by atoms with Crippen LogP contribution in [0.25, 0.3) is 0 Å². The monoisotopic (exact) mass is 455 g/mol. The van der Waals surface area contributed by atoms with Crippen molar-refractivity contribution in [3.8, 4) is 0 Å². The van der Waals surface area contributed by atoms with Crippen LogP contribution in [0.1, 0.15) is 52.0 Å². The van der Waals surface area contributed by atoms with Crippen molar-refractivity contribution in [1.82, 2.24) is 5.32 Å². The number of rotatable bonds is 13. The van der Waals surface area contributed by atoms with E-state index in [1.165, 1.54) is 6.92 Å². The first-order valence-electron chi connectivity index (χ1n) is 10.1. The standard InChI is InChI=1S/C21H30NO8P/c1-5-27-19(23)12-11-18(17(13-28-31-26)16-9-7-6-8-10-16)22-21(25)30-15(4)29-20(24)14(2)3/h6-10,14-15,17-18H,5,11-13H2,1-4H3,(H,22,25). The molecule has 0 aliphatic rings. The highest BCUT2D eigenvalue weighted by Gasteiger charge is 2.28. The maximum atomic E-state index is 12.5. The topological polar surface area (TPSA) is 117 Å². The van der Waals surface area contributed by atoms with Gasteiger partial charge in [-0.3, -0.25) is 14.1 Å². The van der Waals surface area contributed by atoms with Gasteiger partial charge in [0, 0.05) is 25.3 Å². The molecule has 3 atom stereocenters. The lowest BCUT2D eigenvalue weighted by Gasteiger charge is -2.28. The van der Waals surface area contributed by atoms with Crippen LogP contribution in [-0.2, 0) is 32.9 Å². The van der Waals surface area contributed by atoms with Gasteiger partial charge >= 0.3 is 26.7 Å². The molecule has 0 radical (unpaired) electrons. The van der Waals surface area contributed by atoms with E-state index in [9.17, 15) is 18.9 Å². The minimum atomic E-state index is -1.09. The Morgan fingerprint density at radius 2 is 1.74 bits per heavy atom. The second-order valence-electron chi connectivity index (χ2n) is 7.05. The van der Waals surface area contributed by atoms with E-state index in [1.54, 1.807) is 20.8 Å². The molecule has 1 N–H and O–H groups in total. The summed E-state index contributed by atoms with van der Waals surface area (Å²) in [6.07, 6.45) is -1.63. The lowest BCUT2D eigenvalue weighted by atomic mass is 9.89. The average Bonchev–Trinajstić information content (AvgIpc) is 2.72. The van der Waals surface area contributed by atoms with Gasteiger partial charge in [0.2, 0.25) is 6.29 Å². The van der Waals surface area contributed by atoms with Gasteiger partial charge in [-0.05, 0) is 18.9 Å². The molecule has 9 nitrogen and oxygen atoms in total. The maximum Gasteiger partial charge on any atom is 0.410 e. The number of esters is 2. The van der Waals surface area contributed by atoms with Gasteiger partial charge in [-0.25, -0.2) is 9.36 Å². The fraction of sp³-hybridized carbons (Fsp3) is 0.571. The summed E-state index contributed by atoms with van der Waals surface area (Å²) in [4.78, 5) is 36.0. The van der Waals surface area contributed by atoms with Crippen LogP contribution in [0.4, 0.5) is 4.79 Å². The average molecular weight is 455 g/mol. The van der Waals surface area contributed by atoms with Crippen molar-refractivity contribution in [2.45, 2.75) is 58.8 Å². The van der Waals surface area contributed by atoms with E-state index in [-0.39, 0.29) is 32.0 Å². The number of benzene rings is 1. The number of nitrogens with one attached hydrogen (secondary N) is 1. The van der Waals surface area contributed by atoms with Crippen LogP contribution < -0.4 is 5.32 Å². The number of carbonyl (C=O) groups excluding carboxylic acids is 3. The lowest BCUT2D eigenvalue weighted by molar-refractivity contribution is -0.168. The van der Waals surface area contributed by atoms with Gasteiger partial charge < -0.3 is 19.5 Å². The molecule has 0 aromatic heterocycles. The first-order valence-corrected chi connectivity index (χ1v) is 10.8. The molecule has 0 heterocycles. The Kier molecular flexibility index (Phi) is 12.4. The molecule has 0 aliphatic heterocycles. The Bertz CT molecular complexity index is 713. The van der Waals surface area contributed by atoms with Crippen LogP contribution in [-0.4, -0.2) is 43.6 Å². The third-order valence-corrected chi connectivity index (χ3v) is 4.57. The van der Waals surface area contributed by atoms with Crippen LogP contribution in [0.5, 0.6) is 0 Å². The van der Waals surface area contributed by atoms with Gasteiger partial charge in [-0.15, -0.1) is 0 Å². The third kappa shape index (κ3) is 10.4. The molecule has 0 aliphatic carbocycles. The Morgan fingerprint density at radius 1 is 1.06 bits per heavy atom. The number of hydrogen-bond acceptors (Lipinski definition) is 8. The summed E-state index contributed by atoms with van der Waals surface area (Å²) in [5.74, 6) is -1.68. The Hall–Kier alpha value is -2.51. The van der Waals surface area contributed by atoms with Gasteiger partial charge in [-0.2, -0.15) is 0 Å². The van der Waals surface area contributed by atoms with Crippen molar-refractivity contribution in [2.24, 2.45) is 5.92 Å². The number of carbonyl (C=O) groups is 3. The number of hydrogen-bond donors (Lipinski definition) is 1. The summed E-state index contributed by atoms with van der Waals surface area (Å²) in [6, 6.07) is 8.57. The fourth-order valence-electron chi connectivity index (χ4n) is 2.80.